The van der Waals surface area contributed by atoms with Crippen molar-refractivity contribution in [3.63, 3.8) is 0 Å². The third-order valence-electron chi connectivity index (χ3n) is 4.17. The van der Waals surface area contributed by atoms with Crippen molar-refractivity contribution in [1.29, 1.82) is 0 Å². The summed E-state index contributed by atoms with van der Waals surface area (Å²) in [6.07, 6.45) is 3.60. The van der Waals surface area contributed by atoms with Crippen LogP contribution in [0.25, 0.3) is 5.57 Å². The van der Waals surface area contributed by atoms with Crippen LogP contribution in [0.4, 0.5) is 0 Å². The first-order chi connectivity index (χ1) is 13.0. The summed E-state index contributed by atoms with van der Waals surface area (Å²) in [7, 11) is 0. The van der Waals surface area contributed by atoms with Crippen LogP contribution in [0.3, 0.4) is 0 Å². The molecule has 0 aliphatic carbocycles. The Labute approximate surface area is 170 Å². The minimum absolute atomic E-state index is 0.171. The largest absolute Gasteiger partial charge is 0.285 e. The van der Waals surface area contributed by atoms with E-state index in [4.69, 9.17) is 12.2 Å². The van der Waals surface area contributed by atoms with E-state index in [1.54, 1.807) is 17.8 Å². The Hall–Kier alpha value is -2.18. The van der Waals surface area contributed by atoms with E-state index in [2.05, 4.69) is 6.58 Å². The van der Waals surface area contributed by atoms with Gasteiger partial charge in [0.2, 0.25) is 0 Å². The highest BCUT2D eigenvalue weighted by molar-refractivity contribution is 8.03. The fourth-order valence-electron chi connectivity index (χ4n) is 2.93. The second-order valence-corrected chi connectivity index (χ2v) is 7.00. The van der Waals surface area contributed by atoms with Gasteiger partial charge in [-0.25, -0.2) is 0 Å². The van der Waals surface area contributed by atoms with Crippen LogP contribution in [0.5, 0.6) is 0 Å². The SMILES string of the molecule is C=CC1=CC(=C2C(=O)N(CC)C(=S)N(CC)C2=O)c2ccccc2S1.CC. The number of fused-ring (bicyclic) bond motifs is 1. The molecule has 2 aliphatic heterocycles. The second-order valence-electron chi connectivity index (χ2n) is 5.52. The summed E-state index contributed by atoms with van der Waals surface area (Å²) < 4.78 is 0. The maximum absolute atomic E-state index is 13.0. The van der Waals surface area contributed by atoms with Crippen molar-refractivity contribution >= 4 is 46.5 Å². The summed E-state index contributed by atoms with van der Waals surface area (Å²) >= 11 is 6.91. The van der Waals surface area contributed by atoms with Gasteiger partial charge >= 0.3 is 0 Å². The summed E-state index contributed by atoms with van der Waals surface area (Å²) in [6.45, 7) is 12.4. The Morgan fingerprint density at radius 3 is 2.15 bits per heavy atom. The second kappa shape index (κ2) is 9.15. The molecule has 2 aliphatic rings. The van der Waals surface area contributed by atoms with E-state index in [1.807, 2.05) is 58.0 Å². The molecule has 1 fully saturated rings. The number of carbonyl (C=O) groups excluding carboxylic acids is 2. The van der Waals surface area contributed by atoms with Crippen LogP contribution < -0.4 is 0 Å². The molecule has 2 amide bonds. The fraction of sp³-hybridized carbons (Fsp3) is 0.286. The lowest BCUT2D eigenvalue weighted by Gasteiger charge is -2.36. The molecule has 1 aromatic rings. The molecule has 0 atom stereocenters. The van der Waals surface area contributed by atoms with Crippen molar-refractivity contribution in [3.8, 4) is 0 Å². The fourth-order valence-corrected chi connectivity index (χ4v) is 4.30. The Balaban J connectivity index is 0.00000126. The molecule has 3 rings (SSSR count). The van der Waals surface area contributed by atoms with Crippen LogP contribution >= 0.6 is 24.0 Å². The van der Waals surface area contributed by atoms with Gasteiger partial charge in [0, 0.05) is 28.5 Å². The zero-order valence-electron chi connectivity index (χ0n) is 16.1. The van der Waals surface area contributed by atoms with Gasteiger partial charge in [-0.05, 0) is 43.8 Å². The van der Waals surface area contributed by atoms with E-state index < -0.39 is 0 Å². The van der Waals surface area contributed by atoms with Crippen molar-refractivity contribution in [2.75, 3.05) is 13.1 Å². The van der Waals surface area contributed by atoms with E-state index in [0.29, 0.717) is 18.7 Å². The quantitative estimate of drug-likeness (QED) is 0.421. The van der Waals surface area contributed by atoms with Gasteiger partial charge in [-0.2, -0.15) is 0 Å². The summed E-state index contributed by atoms with van der Waals surface area (Å²) in [6, 6.07) is 7.76. The number of hydrogen-bond donors (Lipinski definition) is 0. The maximum Gasteiger partial charge on any atom is 0.266 e. The average Bonchev–Trinajstić information content (AvgIpc) is 2.70. The van der Waals surface area contributed by atoms with Gasteiger partial charge in [0.1, 0.15) is 5.57 Å². The lowest BCUT2D eigenvalue weighted by molar-refractivity contribution is -0.133. The van der Waals surface area contributed by atoms with Crippen LogP contribution in [0.2, 0.25) is 0 Å². The molecule has 6 heteroatoms. The molecule has 0 spiro atoms. The lowest BCUT2D eigenvalue weighted by atomic mass is 9.95. The van der Waals surface area contributed by atoms with Crippen molar-refractivity contribution in [3.05, 3.63) is 59.0 Å². The number of thioether (sulfide) groups is 1. The summed E-state index contributed by atoms with van der Waals surface area (Å²) in [4.78, 5) is 30.9. The molecule has 142 valence electrons. The van der Waals surface area contributed by atoms with Crippen LogP contribution in [0.1, 0.15) is 33.3 Å². The third kappa shape index (κ3) is 3.77. The van der Waals surface area contributed by atoms with Crippen LogP contribution in [-0.4, -0.2) is 39.8 Å². The first kappa shape index (κ1) is 21.1. The van der Waals surface area contributed by atoms with Gasteiger partial charge in [-0.15, -0.1) is 0 Å². The lowest BCUT2D eigenvalue weighted by Crippen LogP contribution is -2.56. The van der Waals surface area contributed by atoms with E-state index in [9.17, 15) is 9.59 Å². The highest BCUT2D eigenvalue weighted by Gasteiger charge is 2.40. The Morgan fingerprint density at radius 1 is 1.07 bits per heavy atom. The van der Waals surface area contributed by atoms with Gasteiger partial charge in [-0.3, -0.25) is 19.4 Å². The van der Waals surface area contributed by atoms with Crippen molar-refractivity contribution < 1.29 is 9.59 Å². The predicted molar refractivity (Wildman–Crippen MR) is 116 cm³/mol. The highest BCUT2D eigenvalue weighted by Crippen LogP contribution is 2.42. The number of likely N-dealkylation sites (N-methyl/N-ethyl adjacent to an activating group) is 2. The molecule has 27 heavy (non-hydrogen) atoms. The summed E-state index contributed by atoms with van der Waals surface area (Å²) in [5, 5.41) is 0.274. The monoisotopic (exact) mass is 400 g/mol. The highest BCUT2D eigenvalue weighted by atomic mass is 32.2. The number of allylic oxidation sites excluding steroid dienone is 3. The van der Waals surface area contributed by atoms with Crippen LogP contribution in [0, 0.1) is 0 Å². The molecule has 0 N–H and O–H groups in total. The summed E-state index contributed by atoms with van der Waals surface area (Å²) in [5.41, 5.74) is 1.69. The molecule has 0 saturated carbocycles. The molecule has 0 unspecified atom stereocenters. The normalized spacial score (nSPS) is 16.6. The first-order valence-corrected chi connectivity index (χ1v) is 10.3. The molecule has 1 aromatic carbocycles. The Morgan fingerprint density at radius 2 is 1.63 bits per heavy atom. The molecule has 0 bridgehead atoms. The van der Waals surface area contributed by atoms with E-state index >= 15 is 0 Å². The standard InChI is InChI=1S/C19H18N2O2S2.C2H6/c1-4-12-11-14(13-9-7-8-10-15(13)25-12)16-17(22)20(5-2)19(24)21(6-3)18(16)23;1-2/h4,7-11H,1,5-6H2,2-3H3;1-2H3. The van der Waals surface area contributed by atoms with Crippen LogP contribution in [0.15, 0.2) is 58.4 Å². The number of amides is 2. The molecule has 0 aromatic heterocycles. The minimum Gasteiger partial charge on any atom is -0.285 e. The Kier molecular flexibility index (Phi) is 7.16. The minimum atomic E-state index is -0.335. The topological polar surface area (TPSA) is 40.6 Å². The average molecular weight is 401 g/mol. The van der Waals surface area contributed by atoms with Gasteiger partial charge < -0.3 is 0 Å². The zero-order chi connectivity index (χ0) is 20.1. The number of thiocarbonyl (C=S) groups is 1. The van der Waals surface area contributed by atoms with E-state index in [-0.39, 0.29) is 22.5 Å². The third-order valence-corrected chi connectivity index (χ3v) is 5.71. The Bertz CT molecular complexity index is 827. The molecular weight excluding hydrogens is 376 g/mol. The van der Waals surface area contributed by atoms with Gasteiger partial charge in [0.05, 0.1) is 0 Å². The van der Waals surface area contributed by atoms with Gasteiger partial charge in [-0.1, -0.05) is 56.5 Å². The number of hydrogen-bond acceptors (Lipinski definition) is 4. The number of rotatable bonds is 3. The summed E-state index contributed by atoms with van der Waals surface area (Å²) in [5.74, 6) is -0.669. The van der Waals surface area contributed by atoms with Gasteiger partial charge in [0.15, 0.2) is 5.11 Å². The van der Waals surface area contributed by atoms with Crippen molar-refractivity contribution in [1.82, 2.24) is 9.80 Å². The van der Waals surface area contributed by atoms with Crippen molar-refractivity contribution in [2.24, 2.45) is 0 Å². The van der Waals surface area contributed by atoms with E-state index in [0.717, 1.165) is 15.4 Å². The van der Waals surface area contributed by atoms with Gasteiger partial charge in [0.25, 0.3) is 11.8 Å². The smallest absolute Gasteiger partial charge is 0.266 e. The van der Waals surface area contributed by atoms with Crippen LogP contribution in [-0.2, 0) is 9.59 Å². The number of carbonyl (C=O) groups is 2. The zero-order valence-corrected chi connectivity index (χ0v) is 17.7. The van der Waals surface area contributed by atoms with Crippen molar-refractivity contribution in [2.45, 2.75) is 32.6 Å². The molecule has 4 nitrogen and oxygen atoms in total. The number of nitrogens with zero attached hydrogens (tertiary/aromatic N) is 2. The molecular formula is C21H24N2O2S2. The molecule has 1 saturated heterocycles. The molecule has 2 heterocycles. The molecule has 0 radical (unpaired) electrons. The number of benzene rings is 1. The van der Waals surface area contributed by atoms with E-state index in [1.165, 1.54) is 9.80 Å². The first-order valence-electron chi connectivity index (χ1n) is 9.06. The predicted octanol–water partition coefficient (Wildman–Crippen LogP) is 4.64. The maximum atomic E-state index is 13.0.